The molecule has 2 fully saturated rings. The van der Waals surface area contributed by atoms with Crippen LogP contribution in [-0.2, 0) is 11.3 Å². The molecule has 0 radical (unpaired) electrons. The Morgan fingerprint density at radius 3 is 2.47 bits per heavy atom. The number of anilines is 1. The minimum atomic E-state index is -0.235. The quantitative estimate of drug-likeness (QED) is 0.467. The van der Waals surface area contributed by atoms with Crippen molar-refractivity contribution in [2.75, 3.05) is 24.5 Å². The molecule has 0 atom stereocenters. The Morgan fingerprint density at radius 2 is 1.87 bits per heavy atom. The second-order valence-electron chi connectivity index (χ2n) is 7.69. The number of pyridine rings is 1. The Kier molecular flexibility index (Phi) is 7.37. The first-order valence-corrected chi connectivity index (χ1v) is 11.8. The zero-order valence-electron chi connectivity index (χ0n) is 17.9. The molecule has 0 bridgehead atoms. The topological polar surface area (TPSA) is 69.3 Å². The lowest BCUT2D eigenvalue weighted by atomic mass is 10.0. The number of amides is 1. The summed E-state index contributed by atoms with van der Waals surface area (Å²) >= 11 is 6.71. The average molecular weight is 445 g/mol. The van der Waals surface area contributed by atoms with Gasteiger partial charge < -0.3 is 4.90 Å². The maximum absolute atomic E-state index is 13.1. The molecule has 2 aliphatic heterocycles. The fourth-order valence-corrected chi connectivity index (χ4v) is 5.28. The number of nitriles is 1. The molecule has 1 aromatic heterocycles. The Balaban J connectivity index is 2.22. The molecule has 0 N–H and O–H groups in total. The molecule has 3 rings (SSSR count). The number of nitrogens with zero attached hydrogens (tertiary/aromatic N) is 4. The predicted octanol–water partition coefficient (Wildman–Crippen LogP) is 4.04. The van der Waals surface area contributed by atoms with E-state index in [0.717, 1.165) is 56.6 Å². The number of rotatable bonds is 7. The summed E-state index contributed by atoms with van der Waals surface area (Å²) in [6, 6.07) is 2.10. The van der Waals surface area contributed by atoms with Crippen LogP contribution in [0, 0.1) is 18.3 Å². The minimum Gasteiger partial charge on any atom is -0.357 e. The number of carbonyl (C=O) groups excluding carboxylic acids is 1. The molecule has 2 saturated heterocycles. The highest BCUT2D eigenvalue weighted by Crippen LogP contribution is 2.36. The highest BCUT2D eigenvalue weighted by atomic mass is 32.2. The fourth-order valence-electron chi connectivity index (χ4n) is 3.98. The van der Waals surface area contributed by atoms with Crippen LogP contribution >= 0.6 is 24.0 Å². The van der Waals surface area contributed by atoms with Crippen LogP contribution in [0.2, 0.25) is 0 Å². The third-order valence-electron chi connectivity index (χ3n) is 5.58. The molecule has 0 spiro atoms. The molecular formula is C22H28N4O2S2. The van der Waals surface area contributed by atoms with Gasteiger partial charge in [0.1, 0.15) is 21.8 Å². The zero-order chi connectivity index (χ0) is 21.8. The van der Waals surface area contributed by atoms with Crippen LogP contribution in [-0.4, -0.2) is 39.3 Å². The monoisotopic (exact) mass is 444 g/mol. The van der Waals surface area contributed by atoms with E-state index in [1.54, 1.807) is 9.47 Å². The lowest BCUT2D eigenvalue weighted by Gasteiger charge is -2.27. The summed E-state index contributed by atoms with van der Waals surface area (Å²) in [5.41, 5.74) is 1.35. The van der Waals surface area contributed by atoms with Crippen molar-refractivity contribution in [1.82, 2.24) is 9.47 Å². The summed E-state index contributed by atoms with van der Waals surface area (Å²) in [5, 5.41) is 9.70. The van der Waals surface area contributed by atoms with Crippen LogP contribution in [0.5, 0.6) is 0 Å². The molecule has 6 nitrogen and oxygen atoms in total. The van der Waals surface area contributed by atoms with Gasteiger partial charge in [0.05, 0.1) is 4.91 Å². The first-order valence-electron chi connectivity index (χ1n) is 10.6. The van der Waals surface area contributed by atoms with E-state index in [9.17, 15) is 14.9 Å². The van der Waals surface area contributed by atoms with Gasteiger partial charge in [-0.3, -0.25) is 19.1 Å². The second kappa shape index (κ2) is 9.80. The predicted molar refractivity (Wildman–Crippen MR) is 127 cm³/mol. The van der Waals surface area contributed by atoms with Gasteiger partial charge in [0.2, 0.25) is 0 Å². The van der Waals surface area contributed by atoms with Gasteiger partial charge in [-0.1, -0.05) is 44.2 Å². The van der Waals surface area contributed by atoms with Crippen LogP contribution < -0.4 is 10.5 Å². The van der Waals surface area contributed by atoms with Crippen LogP contribution in [0.1, 0.15) is 62.6 Å². The largest absolute Gasteiger partial charge is 0.357 e. The standard InChI is InChI=1S/C22H28N4O2S2/c1-4-6-12-25-19(24-10-7-8-11-24)16(15(3)17(14-23)20(25)27)13-18-21(28)26(9-5-2)22(29)30-18/h13H,4-12H2,1-3H3/b18-13+. The van der Waals surface area contributed by atoms with Crippen molar-refractivity contribution in [3.8, 4) is 6.07 Å². The number of unbranched alkanes of at least 4 members (excludes halogenated alkanes) is 1. The maximum Gasteiger partial charge on any atom is 0.270 e. The third kappa shape index (κ3) is 4.19. The van der Waals surface area contributed by atoms with Gasteiger partial charge in [0.15, 0.2) is 0 Å². The summed E-state index contributed by atoms with van der Waals surface area (Å²) in [7, 11) is 0. The highest BCUT2D eigenvalue weighted by Gasteiger charge is 2.33. The third-order valence-corrected chi connectivity index (χ3v) is 6.96. The van der Waals surface area contributed by atoms with Crippen molar-refractivity contribution in [2.24, 2.45) is 0 Å². The van der Waals surface area contributed by atoms with E-state index in [2.05, 4.69) is 17.9 Å². The van der Waals surface area contributed by atoms with E-state index in [-0.39, 0.29) is 17.0 Å². The summed E-state index contributed by atoms with van der Waals surface area (Å²) in [4.78, 5) is 30.5. The van der Waals surface area contributed by atoms with Crippen LogP contribution in [0.15, 0.2) is 9.70 Å². The number of thioether (sulfide) groups is 1. The summed E-state index contributed by atoms with van der Waals surface area (Å²) in [5.74, 6) is 0.742. The smallest absolute Gasteiger partial charge is 0.270 e. The number of aromatic nitrogens is 1. The Labute approximate surface area is 187 Å². The molecular weight excluding hydrogens is 416 g/mol. The summed E-state index contributed by atoms with van der Waals surface area (Å²) in [6.07, 6.45) is 6.62. The van der Waals surface area contributed by atoms with E-state index in [1.165, 1.54) is 11.8 Å². The van der Waals surface area contributed by atoms with Crippen molar-refractivity contribution in [1.29, 1.82) is 5.26 Å². The maximum atomic E-state index is 13.1. The average Bonchev–Trinajstić information content (AvgIpc) is 3.34. The van der Waals surface area contributed by atoms with E-state index in [0.29, 0.717) is 27.9 Å². The van der Waals surface area contributed by atoms with Crippen molar-refractivity contribution in [3.05, 3.63) is 31.9 Å². The van der Waals surface area contributed by atoms with Gasteiger partial charge in [0, 0.05) is 31.7 Å². The lowest BCUT2D eigenvalue weighted by Crippen LogP contribution is -2.33. The van der Waals surface area contributed by atoms with Crippen LogP contribution in [0.3, 0.4) is 0 Å². The van der Waals surface area contributed by atoms with Gasteiger partial charge in [-0.25, -0.2) is 0 Å². The minimum absolute atomic E-state index is 0.0940. The molecule has 30 heavy (non-hydrogen) atoms. The molecule has 0 aromatic carbocycles. The van der Waals surface area contributed by atoms with Gasteiger partial charge in [-0.05, 0) is 44.2 Å². The summed E-state index contributed by atoms with van der Waals surface area (Å²) in [6.45, 7) is 8.80. The van der Waals surface area contributed by atoms with E-state index in [1.807, 2.05) is 19.9 Å². The SMILES string of the molecule is CCCCn1c(N2CCCC2)c(/C=C2/SC(=S)N(CCC)C2=O)c(C)c(C#N)c1=O. The number of hydrogen-bond acceptors (Lipinski definition) is 6. The van der Waals surface area contributed by atoms with Crippen molar-refractivity contribution in [3.63, 3.8) is 0 Å². The van der Waals surface area contributed by atoms with Crippen molar-refractivity contribution < 1.29 is 4.79 Å². The Bertz CT molecular complexity index is 984. The van der Waals surface area contributed by atoms with Gasteiger partial charge in [-0.15, -0.1) is 0 Å². The first-order chi connectivity index (χ1) is 14.4. The zero-order valence-corrected chi connectivity index (χ0v) is 19.5. The van der Waals surface area contributed by atoms with Crippen LogP contribution in [0.4, 0.5) is 5.82 Å². The fraction of sp³-hybridized carbons (Fsp3) is 0.545. The molecule has 1 aromatic rings. The Morgan fingerprint density at radius 1 is 1.17 bits per heavy atom. The molecule has 1 amide bonds. The molecule has 0 saturated carbocycles. The van der Waals surface area contributed by atoms with Crippen molar-refractivity contribution >= 4 is 46.1 Å². The number of carbonyl (C=O) groups is 1. The second-order valence-corrected chi connectivity index (χ2v) is 9.36. The molecule has 8 heteroatoms. The van der Waals surface area contributed by atoms with E-state index < -0.39 is 0 Å². The molecule has 2 aliphatic rings. The van der Waals surface area contributed by atoms with Gasteiger partial charge in [-0.2, -0.15) is 5.26 Å². The molecule has 0 aliphatic carbocycles. The van der Waals surface area contributed by atoms with Crippen molar-refractivity contribution in [2.45, 2.75) is 59.4 Å². The van der Waals surface area contributed by atoms with Gasteiger partial charge in [0.25, 0.3) is 11.5 Å². The molecule has 160 valence electrons. The Hall–Kier alpha value is -2.11. The highest BCUT2D eigenvalue weighted by molar-refractivity contribution is 8.26. The first kappa shape index (κ1) is 22.6. The van der Waals surface area contributed by atoms with Crippen LogP contribution in [0.25, 0.3) is 6.08 Å². The van der Waals surface area contributed by atoms with E-state index >= 15 is 0 Å². The van der Waals surface area contributed by atoms with E-state index in [4.69, 9.17) is 12.2 Å². The normalized spacial score (nSPS) is 18.0. The number of hydrogen-bond donors (Lipinski definition) is 0. The summed E-state index contributed by atoms with van der Waals surface area (Å²) < 4.78 is 2.31. The number of thiocarbonyl (C=S) groups is 1. The van der Waals surface area contributed by atoms with Gasteiger partial charge >= 0.3 is 0 Å². The molecule has 3 heterocycles. The lowest BCUT2D eigenvalue weighted by molar-refractivity contribution is -0.122. The molecule has 0 unspecified atom stereocenters.